The normalized spacial score (nSPS) is 21.7. The van der Waals surface area contributed by atoms with Gasteiger partial charge in [0, 0.05) is 32.7 Å². The van der Waals surface area contributed by atoms with Crippen LogP contribution in [0.2, 0.25) is 0 Å². The second-order valence-electron chi connectivity index (χ2n) is 5.00. The molecule has 0 aromatic heterocycles. The van der Waals surface area contributed by atoms with E-state index in [1.165, 1.54) is 0 Å². The lowest BCUT2D eigenvalue weighted by atomic mass is 9.91. The third-order valence-corrected chi connectivity index (χ3v) is 2.99. The third kappa shape index (κ3) is 3.18. The van der Waals surface area contributed by atoms with Crippen LogP contribution in [0.15, 0.2) is 0 Å². The zero-order valence-corrected chi connectivity index (χ0v) is 9.95. The van der Waals surface area contributed by atoms with Crippen molar-refractivity contribution in [3.8, 4) is 0 Å². The molecule has 1 heterocycles. The molecule has 2 N–H and O–H groups in total. The zero-order chi connectivity index (χ0) is 11.5. The minimum atomic E-state index is -0.450. The first-order valence-corrected chi connectivity index (χ1v) is 5.51. The van der Waals surface area contributed by atoms with E-state index in [-0.39, 0.29) is 5.91 Å². The van der Waals surface area contributed by atoms with Crippen molar-refractivity contribution in [2.24, 2.45) is 17.1 Å². The summed E-state index contributed by atoms with van der Waals surface area (Å²) in [6.45, 7) is 6.54. The van der Waals surface area contributed by atoms with Gasteiger partial charge in [-0.05, 0) is 20.3 Å². The van der Waals surface area contributed by atoms with Crippen LogP contribution in [0, 0.1) is 11.3 Å². The van der Waals surface area contributed by atoms with Crippen molar-refractivity contribution in [3.05, 3.63) is 0 Å². The molecule has 0 bridgehead atoms. The minimum absolute atomic E-state index is 0.122. The number of carbonyl (C=O) groups is 1. The lowest BCUT2D eigenvalue weighted by Crippen LogP contribution is -2.44. The smallest absolute Gasteiger partial charge is 0.229 e. The molecule has 1 unspecified atom stereocenters. The van der Waals surface area contributed by atoms with Crippen LogP contribution in [-0.2, 0) is 9.53 Å². The summed E-state index contributed by atoms with van der Waals surface area (Å²) in [6, 6.07) is 0. The van der Waals surface area contributed by atoms with Crippen molar-refractivity contribution in [2.45, 2.75) is 20.3 Å². The van der Waals surface area contributed by atoms with E-state index in [0.29, 0.717) is 12.5 Å². The fourth-order valence-corrected chi connectivity index (χ4v) is 1.80. The number of hydrogen-bond acceptors (Lipinski definition) is 3. The Labute approximate surface area is 91.8 Å². The van der Waals surface area contributed by atoms with Crippen LogP contribution < -0.4 is 5.73 Å². The Morgan fingerprint density at radius 3 is 2.73 bits per heavy atom. The average molecular weight is 214 g/mol. The second kappa shape index (κ2) is 4.94. The standard InChI is InChI=1S/C11H22N2O2/c1-11(2,8-12)10(14)13(3)6-9-4-5-15-7-9/h9H,4-8,12H2,1-3H3. The molecule has 0 aromatic carbocycles. The first-order valence-electron chi connectivity index (χ1n) is 5.51. The Kier molecular flexibility index (Phi) is 4.11. The number of carbonyl (C=O) groups excluding carboxylic acids is 1. The summed E-state index contributed by atoms with van der Waals surface area (Å²) in [6.07, 6.45) is 1.06. The molecule has 0 spiro atoms. The third-order valence-electron chi connectivity index (χ3n) is 2.99. The fourth-order valence-electron chi connectivity index (χ4n) is 1.80. The van der Waals surface area contributed by atoms with Crippen molar-refractivity contribution in [3.63, 3.8) is 0 Å². The highest BCUT2D eigenvalue weighted by molar-refractivity contribution is 5.81. The number of ether oxygens (including phenoxy) is 1. The van der Waals surface area contributed by atoms with E-state index in [9.17, 15) is 4.79 Å². The van der Waals surface area contributed by atoms with E-state index in [4.69, 9.17) is 10.5 Å². The predicted molar refractivity (Wildman–Crippen MR) is 59.4 cm³/mol. The maximum absolute atomic E-state index is 12.0. The predicted octanol–water partition coefficient (Wildman–Crippen LogP) is 0.466. The van der Waals surface area contributed by atoms with Gasteiger partial charge in [0.2, 0.25) is 5.91 Å². The fraction of sp³-hybridized carbons (Fsp3) is 0.909. The molecule has 1 saturated heterocycles. The van der Waals surface area contributed by atoms with Crippen LogP contribution >= 0.6 is 0 Å². The summed E-state index contributed by atoms with van der Waals surface area (Å²) in [5, 5.41) is 0. The number of hydrogen-bond donors (Lipinski definition) is 1. The molecule has 0 saturated carbocycles. The van der Waals surface area contributed by atoms with Gasteiger partial charge >= 0.3 is 0 Å². The maximum atomic E-state index is 12.0. The lowest BCUT2D eigenvalue weighted by Gasteiger charge is -2.29. The van der Waals surface area contributed by atoms with Gasteiger partial charge in [0.1, 0.15) is 0 Å². The average Bonchev–Trinajstić information content (AvgIpc) is 2.69. The van der Waals surface area contributed by atoms with E-state index in [1.807, 2.05) is 20.9 Å². The Hall–Kier alpha value is -0.610. The largest absolute Gasteiger partial charge is 0.381 e. The van der Waals surface area contributed by atoms with E-state index in [2.05, 4.69) is 0 Å². The molecule has 1 aliphatic heterocycles. The number of nitrogens with zero attached hydrogens (tertiary/aromatic N) is 1. The van der Waals surface area contributed by atoms with Crippen LogP contribution in [-0.4, -0.2) is 44.2 Å². The van der Waals surface area contributed by atoms with Crippen molar-refractivity contribution in [1.82, 2.24) is 4.90 Å². The summed E-state index contributed by atoms with van der Waals surface area (Å²) in [7, 11) is 1.85. The Morgan fingerprint density at radius 2 is 2.27 bits per heavy atom. The summed E-state index contributed by atoms with van der Waals surface area (Å²) in [4.78, 5) is 13.8. The summed E-state index contributed by atoms with van der Waals surface area (Å²) in [5.41, 5.74) is 5.13. The Morgan fingerprint density at radius 1 is 1.60 bits per heavy atom. The van der Waals surface area contributed by atoms with Crippen molar-refractivity contribution >= 4 is 5.91 Å². The van der Waals surface area contributed by atoms with Crippen molar-refractivity contribution in [2.75, 3.05) is 33.4 Å². The van der Waals surface area contributed by atoms with Gasteiger partial charge in [0.05, 0.1) is 12.0 Å². The van der Waals surface area contributed by atoms with Crippen LogP contribution in [0.25, 0.3) is 0 Å². The number of amides is 1. The van der Waals surface area contributed by atoms with Gasteiger partial charge in [-0.2, -0.15) is 0 Å². The topological polar surface area (TPSA) is 55.6 Å². The molecule has 1 amide bonds. The van der Waals surface area contributed by atoms with E-state index < -0.39 is 5.41 Å². The Bertz CT molecular complexity index is 223. The van der Waals surface area contributed by atoms with Crippen molar-refractivity contribution < 1.29 is 9.53 Å². The van der Waals surface area contributed by atoms with E-state index >= 15 is 0 Å². The Balaban J connectivity index is 2.45. The van der Waals surface area contributed by atoms with Gasteiger partial charge in [-0.1, -0.05) is 0 Å². The van der Waals surface area contributed by atoms with Gasteiger partial charge in [-0.3, -0.25) is 4.79 Å². The van der Waals surface area contributed by atoms with Gasteiger partial charge in [0.15, 0.2) is 0 Å². The SMILES string of the molecule is CN(CC1CCOC1)C(=O)C(C)(C)CN. The van der Waals surface area contributed by atoms with E-state index in [0.717, 1.165) is 26.2 Å². The van der Waals surface area contributed by atoms with Gasteiger partial charge in [-0.25, -0.2) is 0 Å². The molecule has 15 heavy (non-hydrogen) atoms. The maximum Gasteiger partial charge on any atom is 0.229 e. The van der Waals surface area contributed by atoms with Crippen LogP contribution in [0.4, 0.5) is 0 Å². The monoisotopic (exact) mass is 214 g/mol. The molecule has 4 heteroatoms. The molecule has 88 valence electrons. The number of nitrogens with two attached hydrogens (primary N) is 1. The molecular weight excluding hydrogens is 192 g/mol. The van der Waals surface area contributed by atoms with Crippen molar-refractivity contribution in [1.29, 1.82) is 0 Å². The van der Waals surface area contributed by atoms with Gasteiger partial charge in [0.25, 0.3) is 0 Å². The first kappa shape index (κ1) is 12.5. The highest BCUT2D eigenvalue weighted by Crippen LogP contribution is 2.19. The quantitative estimate of drug-likeness (QED) is 0.740. The van der Waals surface area contributed by atoms with Crippen LogP contribution in [0.1, 0.15) is 20.3 Å². The lowest BCUT2D eigenvalue weighted by molar-refractivity contribution is -0.139. The molecule has 4 nitrogen and oxygen atoms in total. The minimum Gasteiger partial charge on any atom is -0.381 e. The molecule has 1 aliphatic rings. The molecular formula is C11H22N2O2. The van der Waals surface area contributed by atoms with E-state index in [1.54, 1.807) is 4.90 Å². The summed E-state index contributed by atoms with van der Waals surface area (Å²) < 4.78 is 5.29. The first-order chi connectivity index (χ1) is 6.97. The molecule has 1 atom stereocenters. The molecule has 0 aromatic rings. The van der Waals surface area contributed by atoms with Gasteiger partial charge < -0.3 is 15.4 Å². The molecule has 0 radical (unpaired) electrons. The van der Waals surface area contributed by atoms with Crippen LogP contribution in [0.5, 0.6) is 0 Å². The molecule has 1 fully saturated rings. The highest BCUT2D eigenvalue weighted by atomic mass is 16.5. The molecule has 1 rings (SSSR count). The highest BCUT2D eigenvalue weighted by Gasteiger charge is 2.30. The number of rotatable bonds is 4. The summed E-state index contributed by atoms with van der Waals surface area (Å²) in [5.74, 6) is 0.615. The summed E-state index contributed by atoms with van der Waals surface area (Å²) >= 11 is 0. The zero-order valence-electron chi connectivity index (χ0n) is 9.95. The molecule has 0 aliphatic carbocycles. The second-order valence-corrected chi connectivity index (χ2v) is 5.00. The van der Waals surface area contributed by atoms with Crippen LogP contribution in [0.3, 0.4) is 0 Å². The van der Waals surface area contributed by atoms with Gasteiger partial charge in [-0.15, -0.1) is 0 Å².